The molecule has 0 heterocycles. The lowest BCUT2D eigenvalue weighted by atomic mass is 10.0. The first-order chi connectivity index (χ1) is 24.2. The Balaban J connectivity index is 3.71. The SMILES string of the molecule is CCCCCCCC/C=C\C/C=C\CCC(=O)NC(CO)C(O)/C=C/CC/C=C/CC/C=C/CCCCCCCCCCCCCCCC. The molecule has 0 saturated carbocycles. The molecule has 0 radical (unpaired) electrons. The number of hydrogen-bond acceptors (Lipinski definition) is 3. The first-order valence-corrected chi connectivity index (χ1v) is 21.0. The lowest BCUT2D eigenvalue weighted by Crippen LogP contribution is -2.45. The molecular formula is C45H81NO3. The molecule has 1 amide bonds. The summed E-state index contributed by atoms with van der Waals surface area (Å²) in [5, 5.41) is 22.9. The summed E-state index contributed by atoms with van der Waals surface area (Å²) in [6.07, 6.45) is 56.3. The van der Waals surface area contributed by atoms with Gasteiger partial charge in [-0.15, -0.1) is 0 Å². The van der Waals surface area contributed by atoms with E-state index in [0.717, 1.165) is 38.5 Å². The Morgan fingerprint density at radius 1 is 0.490 bits per heavy atom. The van der Waals surface area contributed by atoms with Crippen LogP contribution in [0, 0.1) is 0 Å². The third kappa shape index (κ3) is 37.2. The van der Waals surface area contributed by atoms with Crippen LogP contribution in [0.4, 0.5) is 0 Å². The smallest absolute Gasteiger partial charge is 0.220 e. The molecule has 0 rings (SSSR count). The molecule has 284 valence electrons. The summed E-state index contributed by atoms with van der Waals surface area (Å²) in [6.45, 7) is 4.25. The van der Waals surface area contributed by atoms with Gasteiger partial charge in [0.25, 0.3) is 0 Å². The third-order valence-corrected chi connectivity index (χ3v) is 9.21. The van der Waals surface area contributed by atoms with Gasteiger partial charge in [-0.3, -0.25) is 4.79 Å². The van der Waals surface area contributed by atoms with Crippen molar-refractivity contribution in [3.8, 4) is 0 Å². The average Bonchev–Trinajstić information content (AvgIpc) is 3.10. The molecule has 0 aromatic heterocycles. The number of carbonyl (C=O) groups is 1. The highest BCUT2D eigenvalue weighted by molar-refractivity contribution is 5.76. The maximum atomic E-state index is 12.3. The third-order valence-electron chi connectivity index (χ3n) is 9.21. The molecule has 0 aliphatic carbocycles. The van der Waals surface area contributed by atoms with Crippen molar-refractivity contribution in [3.63, 3.8) is 0 Å². The number of amides is 1. The van der Waals surface area contributed by atoms with Crippen molar-refractivity contribution in [1.29, 1.82) is 0 Å². The van der Waals surface area contributed by atoms with Crippen LogP contribution in [-0.2, 0) is 4.79 Å². The number of hydrogen-bond donors (Lipinski definition) is 3. The summed E-state index contributed by atoms with van der Waals surface area (Å²) in [7, 11) is 0. The quantitative estimate of drug-likeness (QED) is 0.0451. The normalized spacial score (nSPS) is 13.6. The van der Waals surface area contributed by atoms with Crippen LogP contribution < -0.4 is 5.32 Å². The van der Waals surface area contributed by atoms with E-state index in [1.807, 2.05) is 12.2 Å². The molecule has 0 bridgehead atoms. The van der Waals surface area contributed by atoms with E-state index in [4.69, 9.17) is 0 Å². The van der Waals surface area contributed by atoms with Crippen molar-refractivity contribution in [3.05, 3.63) is 60.8 Å². The van der Waals surface area contributed by atoms with E-state index in [2.05, 4.69) is 61.7 Å². The maximum absolute atomic E-state index is 12.3. The van der Waals surface area contributed by atoms with E-state index in [1.165, 1.54) is 135 Å². The number of carbonyl (C=O) groups excluding carboxylic acids is 1. The predicted molar refractivity (Wildman–Crippen MR) is 216 cm³/mol. The highest BCUT2D eigenvalue weighted by Gasteiger charge is 2.17. The van der Waals surface area contributed by atoms with Crippen LogP contribution >= 0.6 is 0 Å². The molecule has 4 heteroatoms. The highest BCUT2D eigenvalue weighted by Crippen LogP contribution is 2.14. The van der Waals surface area contributed by atoms with Crippen LogP contribution in [0.5, 0.6) is 0 Å². The molecule has 0 aliphatic heterocycles. The monoisotopic (exact) mass is 684 g/mol. The number of nitrogens with one attached hydrogen (secondary N) is 1. The van der Waals surface area contributed by atoms with Crippen molar-refractivity contribution in [2.45, 2.75) is 212 Å². The maximum Gasteiger partial charge on any atom is 0.220 e. The Kier molecular flexibility index (Phi) is 38.9. The van der Waals surface area contributed by atoms with E-state index in [9.17, 15) is 15.0 Å². The first kappa shape index (κ1) is 47.1. The number of aliphatic hydroxyl groups excluding tert-OH is 2. The van der Waals surface area contributed by atoms with Gasteiger partial charge in [0.05, 0.1) is 18.8 Å². The fourth-order valence-corrected chi connectivity index (χ4v) is 5.96. The van der Waals surface area contributed by atoms with Crippen molar-refractivity contribution in [1.82, 2.24) is 5.32 Å². The summed E-state index contributed by atoms with van der Waals surface area (Å²) in [5.74, 6) is -0.147. The van der Waals surface area contributed by atoms with Gasteiger partial charge in [-0.2, -0.15) is 0 Å². The second-order valence-electron chi connectivity index (χ2n) is 14.0. The zero-order valence-corrected chi connectivity index (χ0v) is 32.4. The lowest BCUT2D eigenvalue weighted by Gasteiger charge is -2.19. The van der Waals surface area contributed by atoms with Gasteiger partial charge < -0.3 is 15.5 Å². The molecule has 0 fully saturated rings. The van der Waals surface area contributed by atoms with Gasteiger partial charge >= 0.3 is 0 Å². The Bertz CT molecular complexity index is 827. The van der Waals surface area contributed by atoms with Crippen LogP contribution in [0.1, 0.15) is 200 Å². The molecule has 2 unspecified atom stereocenters. The zero-order chi connectivity index (χ0) is 35.7. The minimum Gasteiger partial charge on any atom is -0.394 e. The summed E-state index contributed by atoms with van der Waals surface area (Å²) in [4.78, 5) is 12.3. The van der Waals surface area contributed by atoms with Gasteiger partial charge in [0.2, 0.25) is 5.91 Å². The van der Waals surface area contributed by atoms with E-state index in [1.54, 1.807) is 6.08 Å². The number of allylic oxidation sites excluding steroid dienone is 9. The second-order valence-corrected chi connectivity index (χ2v) is 14.0. The Labute approximate surface area is 305 Å². The minimum absolute atomic E-state index is 0.147. The van der Waals surface area contributed by atoms with E-state index in [-0.39, 0.29) is 12.5 Å². The molecule has 4 nitrogen and oxygen atoms in total. The Hall–Kier alpha value is -1.91. The predicted octanol–water partition coefficient (Wildman–Crippen LogP) is 13.0. The molecule has 0 aromatic carbocycles. The fraction of sp³-hybridized carbons (Fsp3) is 0.756. The van der Waals surface area contributed by atoms with Crippen LogP contribution in [0.2, 0.25) is 0 Å². The molecule has 0 aromatic rings. The second kappa shape index (κ2) is 40.5. The fourth-order valence-electron chi connectivity index (χ4n) is 5.96. The highest BCUT2D eigenvalue weighted by atomic mass is 16.3. The molecular weight excluding hydrogens is 602 g/mol. The van der Waals surface area contributed by atoms with E-state index < -0.39 is 12.1 Å². The van der Waals surface area contributed by atoms with Crippen LogP contribution in [0.15, 0.2) is 60.8 Å². The van der Waals surface area contributed by atoms with Gasteiger partial charge in [-0.1, -0.05) is 190 Å². The largest absolute Gasteiger partial charge is 0.394 e. The number of rotatable bonds is 37. The summed E-state index contributed by atoms with van der Waals surface area (Å²) < 4.78 is 0. The van der Waals surface area contributed by atoms with E-state index in [0.29, 0.717) is 12.8 Å². The Morgan fingerprint density at radius 2 is 0.857 bits per heavy atom. The number of unbranched alkanes of at least 4 members (excludes halogenated alkanes) is 22. The van der Waals surface area contributed by atoms with Gasteiger partial charge in [0.15, 0.2) is 0 Å². The molecule has 3 N–H and O–H groups in total. The molecule has 2 atom stereocenters. The van der Waals surface area contributed by atoms with Crippen molar-refractivity contribution < 1.29 is 15.0 Å². The molecule has 0 aliphatic rings. The molecule has 49 heavy (non-hydrogen) atoms. The van der Waals surface area contributed by atoms with Crippen LogP contribution in [0.3, 0.4) is 0 Å². The topological polar surface area (TPSA) is 69.6 Å². The van der Waals surface area contributed by atoms with Crippen molar-refractivity contribution in [2.24, 2.45) is 0 Å². The van der Waals surface area contributed by atoms with Crippen molar-refractivity contribution in [2.75, 3.05) is 6.61 Å². The lowest BCUT2D eigenvalue weighted by molar-refractivity contribution is -0.122. The average molecular weight is 684 g/mol. The van der Waals surface area contributed by atoms with Gasteiger partial charge in [-0.05, 0) is 64.2 Å². The van der Waals surface area contributed by atoms with Gasteiger partial charge in [-0.25, -0.2) is 0 Å². The van der Waals surface area contributed by atoms with Crippen LogP contribution in [-0.4, -0.2) is 34.9 Å². The standard InChI is InChI=1S/C45H81NO3/c1-3-5-7-9-11-13-15-17-18-19-20-21-22-23-24-25-26-27-29-30-32-34-36-38-40-44(48)43(42-47)46-45(49)41-39-37-35-33-31-28-16-14-12-10-8-6-4-2/h25-26,28,30-32,35,37-38,40,43-44,47-48H,3-24,27,29,33-34,36,39,41-42H2,1-2H3,(H,46,49)/b26-25+,31-28-,32-30+,37-35-,40-38+. The molecule has 0 saturated heterocycles. The Morgan fingerprint density at radius 3 is 1.31 bits per heavy atom. The summed E-state index contributed by atoms with van der Waals surface area (Å²) in [6, 6.07) is -0.676. The van der Waals surface area contributed by atoms with Gasteiger partial charge in [0, 0.05) is 6.42 Å². The van der Waals surface area contributed by atoms with E-state index >= 15 is 0 Å². The summed E-state index contributed by atoms with van der Waals surface area (Å²) >= 11 is 0. The molecule has 0 spiro atoms. The summed E-state index contributed by atoms with van der Waals surface area (Å²) in [5.41, 5.74) is 0. The van der Waals surface area contributed by atoms with Crippen molar-refractivity contribution >= 4 is 5.91 Å². The van der Waals surface area contributed by atoms with Crippen LogP contribution in [0.25, 0.3) is 0 Å². The first-order valence-electron chi connectivity index (χ1n) is 21.0. The number of aliphatic hydroxyl groups is 2. The van der Waals surface area contributed by atoms with Gasteiger partial charge in [0.1, 0.15) is 0 Å². The minimum atomic E-state index is -0.893. The zero-order valence-electron chi connectivity index (χ0n) is 32.4.